The lowest BCUT2D eigenvalue weighted by Crippen LogP contribution is -2.49. The summed E-state index contributed by atoms with van der Waals surface area (Å²) in [6.45, 7) is 5.26. The minimum absolute atomic E-state index is 0.0451. The van der Waals surface area contributed by atoms with Crippen molar-refractivity contribution in [2.75, 3.05) is 0 Å². The molecular formula is C28H37N3O5. The van der Waals surface area contributed by atoms with Crippen LogP contribution in [0.4, 0.5) is 4.79 Å². The highest BCUT2D eigenvalue weighted by Crippen LogP contribution is 2.61. The van der Waals surface area contributed by atoms with Crippen LogP contribution in [0.15, 0.2) is 30.5 Å². The number of para-hydroxylation sites is 1. The number of aromatic nitrogens is 1. The SMILES string of the molecule is CC(C)(C)OC(=O)NC(Cc1c[nH]c2ccccc12)C(=O)ONC(=O)CC12CC3CC(CC(C3)C1)C2. The van der Waals surface area contributed by atoms with E-state index in [2.05, 4.69) is 15.8 Å². The molecule has 1 heterocycles. The molecule has 4 bridgehead atoms. The quantitative estimate of drug-likeness (QED) is 0.500. The second kappa shape index (κ2) is 9.45. The largest absolute Gasteiger partial charge is 0.444 e. The van der Waals surface area contributed by atoms with Gasteiger partial charge in [0, 0.05) is 29.9 Å². The molecule has 1 aromatic heterocycles. The third-order valence-corrected chi connectivity index (χ3v) is 8.04. The zero-order valence-corrected chi connectivity index (χ0v) is 21.4. The van der Waals surface area contributed by atoms with Gasteiger partial charge in [-0.2, -0.15) is 5.48 Å². The van der Waals surface area contributed by atoms with E-state index in [1.165, 1.54) is 19.3 Å². The Balaban J connectivity index is 1.23. The van der Waals surface area contributed by atoms with Gasteiger partial charge in [0.1, 0.15) is 11.6 Å². The molecule has 8 nitrogen and oxygen atoms in total. The molecule has 0 saturated heterocycles. The first-order valence-electron chi connectivity index (χ1n) is 13.1. The van der Waals surface area contributed by atoms with E-state index >= 15 is 0 Å². The number of hydroxylamine groups is 1. The zero-order chi connectivity index (χ0) is 25.5. The maximum absolute atomic E-state index is 13.1. The molecule has 0 spiro atoms. The van der Waals surface area contributed by atoms with Gasteiger partial charge in [0.15, 0.2) is 0 Å². The van der Waals surface area contributed by atoms with Gasteiger partial charge in [0.25, 0.3) is 5.91 Å². The number of nitrogens with one attached hydrogen (secondary N) is 3. The first kappa shape index (κ1) is 24.7. The molecule has 36 heavy (non-hydrogen) atoms. The first-order valence-corrected chi connectivity index (χ1v) is 13.1. The van der Waals surface area contributed by atoms with Gasteiger partial charge in [-0.15, -0.1) is 0 Å². The van der Waals surface area contributed by atoms with Crippen LogP contribution >= 0.6 is 0 Å². The molecule has 1 atom stereocenters. The molecule has 2 aromatic rings. The number of hydrogen-bond donors (Lipinski definition) is 3. The predicted octanol–water partition coefficient (Wildman–Crippen LogP) is 4.78. The Morgan fingerprint density at radius 2 is 1.69 bits per heavy atom. The summed E-state index contributed by atoms with van der Waals surface area (Å²) >= 11 is 0. The van der Waals surface area contributed by atoms with Crippen molar-refractivity contribution in [3.63, 3.8) is 0 Å². The van der Waals surface area contributed by atoms with Gasteiger partial charge in [0.05, 0.1) is 0 Å². The number of benzene rings is 1. The molecular weight excluding hydrogens is 458 g/mol. The fourth-order valence-electron chi connectivity index (χ4n) is 7.23. The van der Waals surface area contributed by atoms with E-state index < -0.39 is 23.7 Å². The van der Waals surface area contributed by atoms with Crippen LogP contribution in [0.5, 0.6) is 0 Å². The fourth-order valence-corrected chi connectivity index (χ4v) is 7.23. The van der Waals surface area contributed by atoms with Crippen LogP contribution in [0.3, 0.4) is 0 Å². The van der Waals surface area contributed by atoms with Crippen LogP contribution < -0.4 is 10.8 Å². The predicted molar refractivity (Wildman–Crippen MR) is 135 cm³/mol. The van der Waals surface area contributed by atoms with Gasteiger partial charge in [-0.25, -0.2) is 9.59 Å². The van der Waals surface area contributed by atoms with Gasteiger partial charge >= 0.3 is 12.1 Å². The number of ether oxygens (including phenoxy) is 1. The summed E-state index contributed by atoms with van der Waals surface area (Å²) in [5, 5.41) is 3.58. The molecule has 194 valence electrons. The Hall–Kier alpha value is -3.03. The Morgan fingerprint density at radius 1 is 1.06 bits per heavy atom. The number of fused-ring (bicyclic) bond motifs is 1. The summed E-state index contributed by atoms with van der Waals surface area (Å²) in [6, 6.07) is 6.70. The van der Waals surface area contributed by atoms with E-state index in [-0.39, 0.29) is 17.7 Å². The number of hydrogen-bond acceptors (Lipinski definition) is 5. The average molecular weight is 496 g/mol. The van der Waals surface area contributed by atoms with Crippen LogP contribution in [0.25, 0.3) is 10.9 Å². The van der Waals surface area contributed by atoms with Crippen molar-refractivity contribution < 1.29 is 24.0 Å². The second-order valence-corrected chi connectivity index (χ2v) is 12.3. The third-order valence-electron chi connectivity index (χ3n) is 8.04. The summed E-state index contributed by atoms with van der Waals surface area (Å²) in [5.41, 5.74) is 3.50. The monoisotopic (exact) mass is 495 g/mol. The van der Waals surface area contributed by atoms with Crippen molar-refractivity contribution in [2.45, 2.75) is 83.8 Å². The van der Waals surface area contributed by atoms with E-state index in [9.17, 15) is 14.4 Å². The molecule has 4 aliphatic carbocycles. The number of carbonyl (C=O) groups is 3. The first-order chi connectivity index (χ1) is 17.1. The Labute approximate surface area is 211 Å². The maximum atomic E-state index is 13.1. The van der Waals surface area contributed by atoms with E-state index in [1.54, 1.807) is 20.8 Å². The molecule has 3 N–H and O–H groups in total. The maximum Gasteiger partial charge on any atom is 0.408 e. The zero-order valence-electron chi connectivity index (χ0n) is 21.4. The van der Waals surface area contributed by atoms with Crippen LogP contribution in [0.2, 0.25) is 0 Å². The number of aromatic amines is 1. The highest BCUT2D eigenvalue weighted by Gasteiger charge is 2.51. The number of alkyl carbamates (subject to hydrolysis) is 1. The van der Waals surface area contributed by atoms with Gasteiger partial charge in [0.2, 0.25) is 0 Å². The van der Waals surface area contributed by atoms with Crippen molar-refractivity contribution in [2.24, 2.45) is 23.2 Å². The second-order valence-electron chi connectivity index (χ2n) is 12.3. The van der Waals surface area contributed by atoms with E-state index in [0.717, 1.165) is 53.5 Å². The Bertz CT molecular complexity index is 1110. The number of amides is 2. The summed E-state index contributed by atoms with van der Waals surface area (Å²) in [7, 11) is 0. The van der Waals surface area contributed by atoms with Crippen molar-refractivity contribution >= 4 is 28.9 Å². The van der Waals surface area contributed by atoms with Crippen LogP contribution in [0.1, 0.15) is 71.3 Å². The molecule has 0 radical (unpaired) electrons. The highest BCUT2D eigenvalue weighted by atomic mass is 16.7. The third kappa shape index (κ3) is 5.52. The topological polar surface area (TPSA) is 110 Å². The van der Waals surface area contributed by atoms with Gasteiger partial charge in [-0.3, -0.25) is 4.79 Å². The van der Waals surface area contributed by atoms with Crippen molar-refractivity contribution in [3.8, 4) is 0 Å². The lowest BCUT2D eigenvalue weighted by atomic mass is 9.49. The number of carbonyl (C=O) groups excluding carboxylic acids is 3. The number of H-pyrrole nitrogens is 1. The van der Waals surface area contributed by atoms with E-state index in [1.807, 2.05) is 30.5 Å². The standard InChI is InChI=1S/C28H37N3O5/c1-27(2,3)35-26(34)30-23(11-20-16-29-22-7-5-4-6-21(20)22)25(33)36-31-24(32)15-28-12-17-8-18(13-28)10-19(9-17)14-28/h4-7,16-19,23,29H,8-15H2,1-3H3,(H,30,34)(H,31,32). The molecule has 1 aromatic carbocycles. The fraction of sp³-hybridized carbons (Fsp3) is 0.607. The van der Waals surface area contributed by atoms with Gasteiger partial charge in [-0.05, 0) is 94.1 Å². The molecule has 4 saturated carbocycles. The number of rotatable bonds is 6. The van der Waals surface area contributed by atoms with Crippen LogP contribution in [-0.4, -0.2) is 34.6 Å². The molecule has 8 heteroatoms. The summed E-state index contributed by atoms with van der Waals surface area (Å²) < 4.78 is 5.36. The molecule has 4 fully saturated rings. The average Bonchev–Trinajstić information content (AvgIpc) is 3.17. The highest BCUT2D eigenvalue weighted by molar-refractivity contribution is 5.87. The van der Waals surface area contributed by atoms with Crippen LogP contribution in [-0.2, 0) is 25.6 Å². The molecule has 0 aliphatic heterocycles. The summed E-state index contributed by atoms with van der Waals surface area (Å²) in [5.74, 6) is 1.22. The minimum Gasteiger partial charge on any atom is -0.444 e. The van der Waals surface area contributed by atoms with Gasteiger partial charge < -0.3 is 19.9 Å². The normalized spacial score (nSPS) is 27.5. The van der Waals surface area contributed by atoms with E-state index in [4.69, 9.17) is 9.57 Å². The minimum atomic E-state index is -1.03. The molecule has 1 unspecified atom stereocenters. The van der Waals surface area contributed by atoms with Crippen molar-refractivity contribution in [3.05, 3.63) is 36.0 Å². The Morgan fingerprint density at radius 3 is 2.33 bits per heavy atom. The summed E-state index contributed by atoms with van der Waals surface area (Å²) in [6.07, 6.45) is 8.89. The molecule has 4 aliphatic rings. The lowest BCUT2D eigenvalue weighted by molar-refractivity contribution is -0.162. The molecule has 2 amide bonds. The van der Waals surface area contributed by atoms with Crippen LogP contribution in [0, 0.1) is 23.2 Å². The van der Waals surface area contributed by atoms with E-state index in [0.29, 0.717) is 6.42 Å². The van der Waals surface area contributed by atoms with Crippen molar-refractivity contribution in [1.29, 1.82) is 0 Å². The van der Waals surface area contributed by atoms with Gasteiger partial charge in [-0.1, -0.05) is 18.2 Å². The Kier molecular flexibility index (Phi) is 6.47. The van der Waals surface area contributed by atoms with Crippen molar-refractivity contribution in [1.82, 2.24) is 15.8 Å². The lowest BCUT2D eigenvalue weighted by Gasteiger charge is -2.56. The summed E-state index contributed by atoms with van der Waals surface area (Å²) in [4.78, 5) is 46.8. The smallest absolute Gasteiger partial charge is 0.408 e. The molecule has 6 rings (SSSR count).